The van der Waals surface area contributed by atoms with Crippen LogP contribution in [0.2, 0.25) is 0 Å². The molecule has 0 aromatic rings. The van der Waals surface area contributed by atoms with Gasteiger partial charge in [0.15, 0.2) is 0 Å². The first kappa shape index (κ1) is 17.4. The van der Waals surface area contributed by atoms with E-state index in [-0.39, 0.29) is 18.5 Å². The molecule has 6 nitrogen and oxygen atoms in total. The van der Waals surface area contributed by atoms with Gasteiger partial charge in [0.05, 0.1) is 0 Å². The quantitative estimate of drug-likeness (QED) is 0.743. The fourth-order valence-corrected chi connectivity index (χ4v) is 3.20. The number of nitrogens with zero attached hydrogens (tertiary/aromatic N) is 2. The molecule has 7 heteroatoms. The second kappa shape index (κ2) is 7.95. The van der Waals surface area contributed by atoms with Gasteiger partial charge in [0, 0.05) is 40.2 Å². The molecule has 1 aliphatic carbocycles. The molecular formula is C13H27N3O3S. The van der Waals surface area contributed by atoms with E-state index in [4.69, 9.17) is 0 Å². The smallest absolute Gasteiger partial charge is 0.278 e. The number of rotatable bonds is 6. The van der Waals surface area contributed by atoms with Gasteiger partial charge in [-0.3, -0.25) is 4.79 Å². The Hall–Kier alpha value is -0.660. The molecule has 0 spiro atoms. The fraction of sp³-hybridized carbons (Fsp3) is 0.923. The predicted molar refractivity (Wildman–Crippen MR) is 79.5 cm³/mol. The van der Waals surface area contributed by atoms with Crippen LogP contribution in [-0.2, 0) is 15.0 Å². The van der Waals surface area contributed by atoms with Crippen molar-refractivity contribution in [3.63, 3.8) is 0 Å². The molecule has 1 aliphatic rings. The summed E-state index contributed by atoms with van der Waals surface area (Å²) in [6.07, 6.45) is 6.82. The Kier molecular flexibility index (Phi) is 6.91. The van der Waals surface area contributed by atoms with Crippen LogP contribution in [0, 0.1) is 0 Å². The summed E-state index contributed by atoms with van der Waals surface area (Å²) in [5.74, 6) is 0.0287. The molecule has 1 fully saturated rings. The molecule has 0 bridgehead atoms. The SMILES string of the molecule is CC(=O)N(CCNS(=O)(=O)N(C)C)C1CCCCCC1. The van der Waals surface area contributed by atoms with Gasteiger partial charge in [-0.1, -0.05) is 25.7 Å². The maximum Gasteiger partial charge on any atom is 0.278 e. The highest BCUT2D eigenvalue weighted by atomic mass is 32.2. The summed E-state index contributed by atoms with van der Waals surface area (Å²) in [5, 5.41) is 0. The minimum atomic E-state index is -3.41. The molecule has 1 amide bonds. The van der Waals surface area contributed by atoms with Gasteiger partial charge in [-0.2, -0.15) is 12.7 Å². The third-order valence-corrected chi connectivity index (χ3v) is 5.32. The van der Waals surface area contributed by atoms with Crippen LogP contribution in [0.15, 0.2) is 0 Å². The van der Waals surface area contributed by atoms with E-state index in [1.807, 2.05) is 4.90 Å². The molecule has 0 aromatic carbocycles. The first-order valence-corrected chi connectivity index (χ1v) is 8.73. The normalized spacial score (nSPS) is 18.0. The van der Waals surface area contributed by atoms with Gasteiger partial charge in [0.25, 0.3) is 10.2 Å². The van der Waals surface area contributed by atoms with Gasteiger partial charge in [0.2, 0.25) is 5.91 Å². The van der Waals surface area contributed by atoms with Gasteiger partial charge < -0.3 is 4.90 Å². The summed E-state index contributed by atoms with van der Waals surface area (Å²) in [6.45, 7) is 2.26. The largest absolute Gasteiger partial charge is 0.339 e. The maximum absolute atomic E-state index is 11.8. The average Bonchev–Trinajstić information content (AvgIpc) is 2.62. The third kappa shape index (κ3) is 5.38. The van der Waals surface area contributed by atoms with Crippen LogP contribution in [0.4, 0.5) is 0 Å². The maximum atomic E-state index is 11.8. The number of hydrogen-bond donors (Lipinski definition) is 1. The van der Waals surface area contributed by atoms with Crippen LogP contribution in [0.5, 0.6) is 0 Å². The lowest BCUT2D eigenvalue weighted by Crippen LogP contribution is -2.45. The van der Waals surface area contributed by atoms with E-state index in [1.54, 1.807) is 6.92 Å². The van der Waals surface area contributed by atoms with Crippen molar-refractivity contribution in [1.82, 2.24) is 13.9 Å². The van der Waals surface area contributed by atoms with Crippen molar-refractivity contribution in [2.75, 3.05) is 27.2 Å². The Morgan fingerprint density at radius 2 is 1.70 bits per heavy atom. The first-order chi connectivity index (χ1) is 9.34. The minimum absolute atomic E-state index is 0.0287. The number of carbonyl (C=O) groups is 1. The van der Waals surface area contributed by atoms with E-state index in [9.17, 15) is 13.2 Å². The second-order valence-electron chi connectivity index (χ2n) is 5.54. The highest BCUT2D eigenvalue weighted by Crippen LogP contribution is 2.21. The van der Waals surface area contributed by atoms with Crippen molar-refractivity contribution in [3.05, 3.63) is 0 Å². The number of carbonyl (C=O) groups excluding carboxylic acids is 1. The molecular weight excluding hydrogens is 278 g/mol. The zero-order valence-corrected chi connectivity index (χ0v) is 13.6. The lowest BCUT2D eigenvalue weighted by Gasteiger charge is -2.30. The average molecular weight is 305 g/mol. The van der Waals surface area contributed by atoms with E-state index in [0.29, 0.717) is 6.54 Å². The van der Waals surface area contributed by atoms with Gasteiger partial charge in [-0.25, -0.2) is 4.72 Å². The number of nitrogens with one attached hydrogen (secondary N) is 1. The van der Waals surface area contributed by atoms with Crippen molar-refractivity contribution in [3.8, 4) is 0 Å². The van der Waals surface area contributed by atoms with Crippen molar-refractivity contribution < 1.29 is 13.2 Å². The molecule has 1 rings (SSSR count). The van der Waals surface area contributed by atoms with E-state index < -0.39 is 10.2 Å². The van der Waals surface area contributed by atoms with Crippen LogP contribution in [0.1, 0.15) is 45.4 Å². The molecule has 118 valence electrons. The minimum Gasteiger partial charge on any atom is -0.339 e. The van der Waals surface area contributed by atoms with Gasteiger partial charge >= 0.3 is 0 Å². The standard InChI is InChI=1S/C13H27N3O3S/c1-12(17)16(13-8-6-4-5-7-9-13)11-10-14-20(18,19)15(2)3/h13-14H,4-11H2,1-3H3. The second-order valence-corrected chi connectivity index (χ2v) is 7.51. The van der Waals surface area contributed by atoms with Crippen LogP contribution in [-0.4, -0.2) is 56.8 Å². The molecule has 20 heavy (non-hydrogen) atoms. The predicted octanol–water partition coefficient (Wildman–Crippen LogP) is 0.954. The lowest BCUT2D eigenvalue weighted by molar-refractivity contribution is -0.131. The van der Waals surface area contributed by atoms with E-state index in [0.717, 1.165) is 30.0 Å². The molecule has 0 saturated heterocycles. The van der Waals surface area contributed by atoms with E-state index in [2.05, 4.69) is 4.72 Å². The third-order valence-electron chi connectivity index (χ3n) is 3.79. The Bertz CT molecular complexity index is 401. The van der Waals surface area contributed by atoms with Crippen molar-refractivity contribution >= 4 is 16.1 Å². The van der Waals surface area contributed by atoms with Crippen molar-refractivity contribution in [1.29, 1.82) is 0 Å². The van der Waals surface area contributed by atoms with Crippen LogP contribution in [0.3, 0.4) is 0 Å². The first-order valence-electron chi connectivity index (χ1n) is 7.29. The van der Waals surface area contributed by atoms with Crippen LogP contribution >= 0.6 is 0 Å². The summed E-state index contributed by atoms with van der Waals surface area (Å²) >= 11 is 0. The summed E-state index contributed by atoms with van der Waals surface area (Å²) in [6, 6.07) is 0.263. The fourth-order valence-electron chi connectivity index (χ4n) is 2.59. The Morgan fingerprint density at radius 1 is 1.15 bits per heavy atom. The zero-order valence-electron chi connectivity index (χ0n) is 12.8. The van der Waals surface area contributed by atoms with Gasteiger partial charge in [-0.05, 0) is 12.8 Å². The number of hydrogen-bond acceptors (Lipinski definition) is 3. The van der Waals surface area contributed by atoms with Crippen molar-refractivity contribution in [2.24, 2.45) is 0 Å². The summed E-state index contributed by atoms with van der Waals surface area (Å²) in [5.41, 5.74) is 0. The molecule has 0 aromatic heterocycles. The van der Waals surface area contributed by atoms with Crippen molar-refractivity contribution in [2.45, 2.75) is 51.5 Å². The highest BCUT2D eigenvalue weighted by Gasteiger charge is 2.22. The van der Waals surface area contributed by atoms with Crippen LogP contribution < -0.4 is 4.72 Å². The number of amides is 1. The lowest BCUT2D eigenvalue weighted by atomic mass is 10.1. The molecule has 1 N–H and O–H groups in total. The topological polar surface area (TPSA) is 69.7 Å². The van der Waals surface area contributed by atoms with E-state index >= 15 is 0 Å². The van der Waals surface area contributed by atoms with Gasteiger partial charge in [-0.15, -0.1) is 0 Å². The zero-order chi connectivity index (χ0) is 15.2. The van der Waals surface area contributed by atoms with Gasteiger partial charge in [0.1, 0.15) is 0 Å². The molecule has 1 saturated carbocycles. The molecule has 0 aliphatic heterocycles. The Labute approximate surface area is 122 Å². The monoisotopic (exact) mass is 305 g/mol. The molecule has 0 heterocycles. The Morgan fingerprint density at radius 3 is 2.15 bits per heavy atom. The molecule has 0 radical (unpaired) electrons. The van der Waals surface area contributed by atoms with Crippen LogP contribution in [0.25, 0.3) is 0 Å². The molecule has 0 atom stereocenters. The summed E-state index contributed by atoms with van der Waals surface area (Å²) in [4.78, 5) is 13.6. The Balaban J connectivity index is 2.53. The highest BCUT2D eigenvalue weighted by molar-refractivity contribution is 7.87. The summed E-state index contributed by atoms with van der Waals surface area (Å²) in [7, 11) is -0.447. The summed E-state index contributed by atoms with van der Waals surface area (Å²) < 4.78 is 26.9. The molecule has 0 unspecified atom stereocenters. The van der Waals surface area contributed by atoms with E-state index in [1.165, 1.54) is 26.9 Å².